The van der Waals surface area contributed by atoms with Gasteiger partial charge in [-0.3, -0.25) is 4.79 Å². The van der Waals surface area contributed by atoms with Crippen LogP contribution in [-0.4, -0.2) is 6.29 Å². The topological polar surface area (TPSA) is 17.1 Å². The zero-order chi connectivity index (χ0) is 14.7. The lowest BCUT2D eigenvalue weighted by Crippen LogP contribution is -1.92. The van der Waals surface area contributed by atoms with E-state index in [1.54, 1.807) is 0 Å². The van der Waals surface area contributed by atoms with Crippen molar-refractivity contribution in [1.82, 2.24) is 0 Å². The molecule has 0 fully saturated rings. The number of carbonyl (C=O) groups excluding carboxylic acids is 1. The van der Waals surface area contributed by atoms with Crippen LogP contribution < -0.4 is 0 Å². The second-order valence-electron chi connectivity index (χ2n) is 5.12. The number of rotatable bonds is 3. The summed E-state index contributed by atoms with van der Waals surface area (Å²) in [5, 5.41) is 0. The van der Waals surface area contributed by atoms with Crippen LogP contribution >= 0.6 is 0 Å². The van der Waals surface area contributed by atoms with Crippen molar-refractivity contribution >= 4 is 6.29 Å². The van der Waals surface area contributed by atoms with E-state index in [2.05, 4.69) is 31.2 Å². The fourth-order valence-electron chi connectivity index (χ4n) is 2.55. The fraction of sp³-hybridized carbons (Fsp3) is 0.0500. The average molecular weight is 272 g/mol. The summed E-state index contributed by atoms with van der Waals surface area (Å²) in [4.78, 5) is 11.7. The molecular formula is C20H16O. The first-order valence-corrected chi connectivity index (χ1v) is 7.00. The summed E-state index contributed by atoms with van der Waals surface area (Å²) in [7, 11) is 0. The second-order valence-corrected chi connectivity index (χ2v) is 5.12. The summed E-state index contributed by atoms with van der Waals surface area (Å²) in [6.45, 7) is 2.06. The van der Waals surface area contributed by atoms with Gasteiger partial charge in [0.1, 0.15) is 0 Å². The fourth-order valence-corrected chi connectivity index (χ4v) is 2.55. The smallest absolute Gasteiger partial charge is 0.151 e. The van der Waals surface area contributed by atoms with E-state index in [0.29, 0.717) is 0 Å². The summed E-state index contributed by atoms with van der Waals surface area (Å²) >= 11 is 0. The molecule has 0 aliphatic heterocycles. The molecule has 0 atom stereocenters. The lowest BCUT2D eigenvalue weighted by atomic mass is 9.92. The van der Waals surface area contributed by atoms with E-state index in [1.807, 2.05) is 48.5 Å². The highest BCUT2D eigenvalue weighted by molar-refractivity contribution is 5.96. The predicted octanol–water partition coefficient (Wildman–Crippen LogP) is 5.14. The van der Waals surface area contributed by atoms with E-state index >= 15 is 0 Å². The number of carbonyl (C=O) groups is 1. The van der Waals surface area contributed by atoms with Gasteiger partial charge in [-0.2, -0.15) is 0 Å². The second kappa shape index (κ2) is 5.76. The van der Waals surface area contributed by atoms with Gasteiger partial charge in [-0.15, -0.1) is 0 Å². The lowest BCUT2D eigenvalue weighted by Gasteiger charge is -2.11. The molecule has 3 aromatic carbocycles. The highest BCUT2D eigenvalue weighted by Gasteiger charge is 2.10. The summed E-state index contributed by atoms with van der Waals surface area (Å²) in [6, 6.07) is 24.3. The Hall–Kier alpha value is -2.67. The van der Waals surface area contributed by atoms with Crippen molar-refractivity contribution in [2.45, 2.75) is 6.92 Å². The highest BCUT2D eigenvalue weighted by Crippen LogP contribution is 2.31. The van der Waals surface area contributed by atoms with Crippen molar-refractivity contribution in [3.8, 4) is 22.3 Å². The number of hydrogen-bond donors (Lipinski definition) is 0. The van der Waals surface area contributed by atoms with Crippen LogP contribution in [0, 0.1) is 6.92 Å². The summed E-state index contributed by atoms with van der Waals surface area (Å²) in [5.74, 6) is 0. The van der Waals surface area contributed by atoms with E-state index in [9.17, 15) is 4.79 Å². The van der Waals surface area contributed by atoms with Crippen LogP contribution in [0.15, 0.2) is 72.8 Å². The van der Waals surface area contributed by atoms with Crippen molar-refractivity contribution in [2.24, 2.45) is 0 Å². The zero-order valence-electron chi connectivity index (χ0n) is 11.9. The standard InChI is InChI=1S/C20H16O/c1-15-10-12-17(13-11-15)19-9-5-8-18(20(19)14-21)16-6-3-2-4-7-16/h2-14H,1H3. The van der Waals surface area contributed by atoms with Crippen LogP contribution in [0.3, 0.4) is 0 Å². The zero-order valence-corrected chi connectivity index (χ0v) is 11.9. The first-order chi connectivity index (χ1) is 10.3. The van der Waals surface area contributed by atoms with E-state index in [1.165, 1.54) is 5.56 Å². The minimum atomic E-state index is 0.743. The molecule has 0 unspecified atom stereocenters. The molecule has 1 nitrogen and oxygen atoms in total. The molecule has 0 bridgehead atoms. The van der Waals surface area contributed by atoms with Crippen molar-refractivity contribution in [3.63, 3.8) is 0 Å². The molecule has 0 amide bonds. The lowest BCUT2D eigenvalue weighted by molar-refractivity contribution is 0.112. The third kappa shape index (κ3) is 2.63. The summed E-state index contributed by atoms with van der Waals surface area (Å²) < 4.78 is 0. The molecule has 0 N–H and O–H groups in total. The third-order valence-electron chi connectivity index (χ3n) is 3.67. The maximum atomic E-state index is 11.7. The van der Waals surface area contributed by atoms with Gasteiger partial charge >= 0.3 is 0 Å². The Bertz CT molecular complexity index is 756. The van der Waals surface area contributed by atoms with Gasteiger partial charge in [-0.1, -0.05) is 78.4 Å². The van der Waals surface area contributed by atoms with Crippen molar-refractivity contribution in [1.29, 1.82) is 0 Å². The monoisotopic (exact) mass is 272 g/mol. The van der Waals surface area contributed by atoms with Gasteiger partial charge in [0.25, 0.3) is 0 Å². The number of aldehydes is 1. The van der Waals surface area contributed by atoms with Gasteiger partial charge in [-0.25, -0.2) is 0 Å². The first kappa shape index (κ1) is 13.3. The molecule has 0 aromatic heterocycles. The molecule has 0 heterocycles. The molecular weight excluding hydrogens is 256 g/mol. The Balaban J connectivity index is 2.19. The molecule has 0 saturated carbocycles. The van der Waals surface area contributed by atoms with Gasteiger partial charge in [0.2, 0.25) is 0 Å². The Morgan fingerprint density at radius 1 is 0.667 bits per heavy atom. The molecule has 3 rings (SSSR count). The van der Waals surface area contributed by atoms with Crippen LogP contribution in [0.25, 0.3) is 22.3 Å². The molecule has 0 radical (unpaired) electrons. The number of hydrogen-bond acceptors (Lipinski definition) is 1. The van der Waals surface area contributed by atoms with Gasteiger partial charge in [0.15, 0.2) is 6.29 Å². The van der Waals surface area contributed by atoms with Gasteiger partial charge in [-0.05, 0) is 29.2 Å². The third-order valence-corrected chi connectivity index (χ3v) is 3.67. The number of aryl methyl sites for hydroxylation is 1. The molecule has 102 valence electrons. The van der Waals surface area contributed by atoms with Crippen molar-refractivity contribution in [2.75, 3.05) is 0 Å². The molecule has 0 spiro atoms. The van der Waals surface area contributed by atoms with Gasteiger partial charge < -0.3 is 0 Å². The quantitative estimate of drug-likeness (QED) is 0.603. The highest BCUT2D eigenvalue weighted by atomic mass is 16.1. The normalized spacial score (nSPS) is 10.3. The summed E-state index contributed by atoms with van der Waals surface area (Å²) in [5.41, 5.74) is 6.04. The van der Waals surface area contributed by atoms with E-state index in [4.69, 9.17) is 0 Å². The molecule has 1 heteroatoms. The maximum absolute atomic E-state index is 11.7. The Morgan fingerprint density at radius 3 is 1.81 bits per heavy atom. The Labute approximate surface area is 124 Å². The van der Waals surface area contributed by atoms with Gasteiger partial charge in [0, 0.05) is 5.56 Å². The molecule has 0 aliphatic carbocycles. The molecule has 0 aliphatic rings. The first-order valence-electron chi connectivity index (χ1n) is 7.00. The van der Waals surface area contributed by atoms with E-state index < -0.39 is 0 Å². The largest absolute Gasteiger partial charge is 0.298 e. The van der Waals surface area contributed by atoms with Crippen LogP contribution in [0.1, 0.15) is 15.9 Å². The van der Waals surface area contributed by atoms with Crippen LogP contribution in [0.4, 0.5) is 0 Å². The molecule has 0 saturated heterocycles. The minimum absolute atomic E-state index is 0.743. The van der Waals surface area contributed by atoms with Crippen LogP contribution in [-0.2, 0) is 0 Å². The van der Waals surface area contributed by atoms with Gasteiger partial charge in [0.05, 0.1) is 0 Å². The average Bonchev–Trinajstić information content (AvgIpc) is 2.55. The summed E-state index contributed by atoms with van der Waals surface area (Å²) in [6.07, 6.45) is 0.956. The Morgan fingerprint density at radius 2 is 1.24 bits per heavy atom. The predicted molar refractivity (Wildman–Crippen MR) is 87.4 cm³/mol. The van der Waals surface area contributed by atoms with Crippen LogP contribution in [0.5, 0.6) is 0 Å². The van der Waals surface area contributed by atoms with Crippen molar-refractivity contribution in [3.05, 3.63) is 83.9 Å². The minimum Gasteiger partial charge on any atom is -0.298 e. The van der Waals surface area contributed by atoms with Crippen LogP contribution in [0.2, 0.25) is 0 Å². The molecule has 3 aromatic rings. The van der Waals surface area contributed by atoms with E-state index in [-0.39, 0.29) is 0 Å². The SMILES string of the molecule is Cc1ccc(-c2cccc(-c3ccccc3)c2C=O)cc1. The van der Waals surface area contributed by atoms with Crippen molar-refractivity contribution < 1.29 is 4.79 Å². The maximum Gasteiger partial charge on any atom is 0.151 e. The Kier molecular flexibility index (Phi) is 3.65. The van der Waals surface area contributed by atoms with E-state index in [0.717, 1.165) is 34.1 Å². The molecule has 21 heavy (non-hydrogen) atoms. The number of benzene rings is 3.